The van der Waals surface area contributed by atoms with Gasteiger partial charge in [-0.3, -0.25) is 4.79 Å². The first-order valence-corrected chi connectivity index (χ1v) is 18.4. The number of carbonyl (C=O) groups excluding carboxylic acids is 1. The number of unbranched alkanes of at least 4 members (excludes halogenated alkanes) is 19. The molecule has 0 radical (unpaired) electrons. The van der Waals surface area contributed by atoms with Crippen LogP contribution in [-0.4, -0.2) is 34.9 Å². The number of aliphatic hydroxyl groups excluding tert-OH is 2. The molecule has 2 atom stereocenters. The predicted molar refractivity (Wildman–Crippen MR) is 188 cm³/mol. The van der Waals surface area contributed by atoms with Gasteiger partial charge in [0.2, 0.25) is 5.91 Å². The Kier molecular flexibility index (Phi) is 33.5. The Labute approximate surface area is 267 Å². The number of hydrogen-bond donors (Lipinski definition) is 3. The van der Waals surface area contributed by atoms with Crippen LogP contribution in [0.3, 0.4) is 0 Å². The summed E-state index contributed by atoms with van der Waals surface area (Å²) in [7, 11) is 0. The van der Waals surface area contributed by atoms with E-state index in [2.05, 4.69) is 55.6 Å². The van der Waals surface area contributed by atoms with Crippen molar-refractivity contribution in [3.05, 3.63) is 48.6 Å². The van der Waals surface area contributed by atoms with Crippen molar-refractivity contribution in [2.45, 2.75) is 187 Å². The second-order valence-corrected chi connectivity index (χ2v) is 12.3. The number of aliphatic hydroxyl groups is 2. The number of nitrogens with one attached hydrogen (secondary N) is 1. The van der Waals surface area contributed by atoms with Crippen molar-refractivity contribution in [1.82, 2.24) is 5.32 Å². The minimum atomic E-state index is -0.871. The molecular weight excluding hydrogens is 530 g/mol. The Balaban J connectivity index is 3.74. The molecular formula is C39H71NO3. The van der Waals surface area contributed by atoms with Crippen molar-refractivity contribution in [3.63, 3.8) is 0 Å². The predicted octanol–water partition coefficient (Wildman–Crippen LogP) is 10.8. The lowest BCUT2D eigenvalue weighted by molar-refractivity contribution is -0.123. The first-order chi connectivity index (χ1) is 21.2. The number of hydrogen-bond acceptors (Lipinski definition) is 3. The number of amides is 1. The van der Waals surface area contributed by atoms with Crippen LogP contribution in [0.5, 0.6) is 0 Å². The van der Waals surface area contributed by atoms with Crippen LogP contribution in [0.4, 0.5) is 0 Å². The van der Waals surface area contributed by atoms with E-state index in [1.807, 2.05) is 6.08 Å². The van der Waals surface area contributed by atoms with Crippen molar-refractivity contribution in [2.75, 3.05) is 6.61 Å². The number of rotatable bonds is 32. The van der Waals surface area contributed by atoms with Crippen molar-refractivity contribution < 1.29 is 15.0 Å². The van der Waals surface area contributed by atoms with Gasteiger partial charge in [0, 0.05) is 6.42 Å². The molecule has 0 rings (SSSR count). The fourth-order valence-electron chi connectivity index (χ4n) is 5.14. The van der Waals surface area contributed by atoms with Gasteiger partial charge in [0.1, 0.15) is 0 Å². The van der Waals surface area contributed by atoms with E-state index < -0.39 is 12.1 Å². The van der Waals surface area contributed by atoms with E-state index in [0.717, 1.165) is 51.4 Å². The molecule has 43 heavy (non-hydrogen) atoms. The minimum Gasteiger partial charge on any atom is -0.394 e. The molecule has 4 nitrogen and oxygen atoms in total. The summed E-state index contributed by atoms with van der Waals surface area (Å²) in [6.45, 7) is 4.25. The summed E-state index contributed by atoms with van der Waals surface area (Å²) < 4.78 is 0. The van der Waals surface area contributed by atoms with E-state index >= 15 is 0 Å². The zero-order chi connectivity index (χ0) is 31.5. The largest absolute Gasteiger partial charge is 0.394 e. The van der Waals surface area contributed by atoms with E-state index in [1.165, 1.54) is 103 Å². The molecule has 0 aromatic rings. The molecule has 0 heterocycles. The first kappa shape index (κ1) is 41.4. The van der Waals surface area contributed by atoms with Gasteiger partial charge in [-0.25, -0.2) is 0 Å². The molecule has 2 unspecified atom stereocenters. The van der Waals surface area contributed by atoms with Gasteiger partial charge in [0.05, 0.1) is 18.8 Å². The fourth-order valence-corrected chi connectivity index (χ4v) is 5.14. The SMILES string of the molecule is CCCCCCCC/C=C\CCCCCCCC(=O)NC(CO)C(O)/C=C/CC/C=C/CC/C=C/CCCCCCCC. The van der Waals surface area contributed by atoms with Gasteiger partial charge in [0.15, 0.2) is 0 Å². The normalized spacial score (nSPS) is 13.7. The summed E-state index contributed by atoms with van der Waals surface area (Å²) in [6, 6.07) is -0.648. The Morgan fingerprint density at radius 1 is 0.535 bits per heavy atom. The highest BCUT2D eigenvalue weighted by Crippen LogP contribution is 2.11. The molecule has 0 fully saturated rings. The van der Waals surface area contributed by atoms with Crippen LogP contribution in [0.1, 0.15) is 174 Å². The summed E-state index contributed by atoms with van der Waals surface area (Å²) in [5.74, 6) is -0.0897. The van der Waals surface area contributed by atoms with Crippen LogP contribution in [0.25, 0.3) is 0 Å². The summed E-state index contributed by atoms with van der Waals surface area (Å²) in [5, 5.41) is 22.8. The third-order valence-corrected chi connectivity index (χ3v) is 8.01. The molecule has 0 bridgehead atoms. The summed E-state index contributed by atoms with van der Waals surface area (Å²) >= 11 is 0. The Morgan fingerprint density at radius 2 is 0.907 bits per heavy atom. The van der Waals surface area contributed by atoms with Crippen LogP contribution in [0, 0.1) is 0 Å². The summed E-state index contributed by atoms with van der Waals surface area (Å²) in [5.41, 5.74) is 0. The van der Waals surface area contributed by atoms with Gasteiger partial charge in [0.25, 0.3) is 0 Å². The molecule has 250 valence electrons. The molecule has 0 spiro atoms. The van der Waals surface area contributed by atoms with Crippen LogP contribution in [-0.2, 0) is 4.79 Å². The molecule has 3 N–H and O–H groups in total. The monoisotopic (exact) mass is 602 g/mol. The first-order valence-electron chi connectivity index (χ1n) is 18.4. The molecule has 0 aromatic heterocycles. The Bertz CT molecular complexity index is 697. The second-order valence-electron chi connectivity index (χ2n) is 12.3. The highest BCUT2D eigenvalue weighted by molar-refractivity contribution is 5.76. The average molecular weight is 602 g/mol. The van der Waals surface area contributed by atoms with Crippen LogP contribution < -0.4 is 5.32 Å². The number of allylic oxidation sites excluding steroid dienone is 7. The lowest BCUT2D eigenvalue weighted by Gasteiger charge is -2.19. The van der Waals surface area contributed by atoms with Crippen molar-refractivity contribution >= 4 is 5.91 Å². The topological polar surface area (TPSA) is 69.6 Å². The van der Waals surface area contributed by atoms with Crippen molar-refractivity contribution in [2.24, 2.45) is 0 Å². The lowest BCUT2D eigenvalue weighted by atomic mass is 10.1. The lowest BCUT2D eigenvalue weighted by Crippen LogP contribution is -2.45. The van der Waals surface area contributed by atoms with Gasteiger partial charge >= 0.3 is 0 Å². The van der Waals surface area contributed by atoms with Crippen molar-refractivity contribution in [1.29, 1.82) is 0 Å². The number of carbonyl (C=O) groups is 1. The van der Waals surface area contributed by atoms with E-state index in [9.17, 15) is 15.0 Å². The van der Waals surface area contributed by atoms with Crippen molar-refractivity contribution in [3.8, 4) is 0 Å². The van der Waals surface area contributed by atoms with Gasteiger partial charge in [-0.05, 0) is 70.6 Å². The van der Waals surface area contributed by atoms with Gasteiger partial charge in [-0.1, -0.05) is 146 Å². The standard InChI is InChI=1S/C39H71NO3/c1-3-5-7-9-11-13-15-17-19-21-22-24-26-28-30-32-34-38(42)37(36-41)40-39(43)35-33-31-29-27-25-23-20-18-16-14-12-10-8-6-4-2/h17-20,24,26,32,34,37-38,41-42H,3-16,21-23,25,27-31,33,35-36H2,1-2H3,(H,40,43)/b19-17+,20-18-,26-24+,34-32+. The average Bonchev–Trinajstić information content (AvgIpc) is 3.01. The molecule has 0 saturated carbocycles. The molecule has 1 amide bonds. The van der Waals surface area contributed by atoms with E-state index in [0.29, 0.717) is 6.42 Å². The van der Waals surface area contributed by atoms with Gasteiger partial charge in [-0.15, -0.1) is 0 Å². The minimum absolute atomic E-state index is 0.0897. The smallest absolute Gasteiger partial charge is 0.220 e. The van der Waals surface area contributed by atoms with Gasteiger partial charge in [-0.2, -0.15) is 0 Å². The molecule has 0 aliphatic heterocycles. The zero-order valence-electron chi connectivity index (χ0n) is 28.5. The zero-order valence-corrected chi connectivity index (χ0v) is 28.5. The van der Waals surface area contributed by atoms with Crippen LogP contribution in [0.2, 0.25) is 0 Å². The van der Waals surface area contributed by atoms with Gasteiger partial charge < -0.3 is 15.5 Å². The molecule has 0 aromatic carbocycles. The highest BCUT2D eigenvalue weighted by atomic mass is 16.3. The maximum absolute atomic E-state index is 12.3. The Hall–Kier alpha value is -1.65. The molecule has 4 heteroatoms. The maximum atomic E-state index is 12.3. The third-order valence-electron chi connectivity index (χ3n) is 8.01. The van der Waals surface area contributed by atoms with E-state index in [4.69, 9.17) is 0 Å². The third kappa shape index (κ3) is 31.6. The van der Waals surface area contributed by atoms with E-state index in [1.54, 1.807) is 6.08 Å². The highest BCUT2D eigenvalue weighted by Gasteiger charge is 2.17. The molecule has 0 aliphatic rings. The molecule has 0 aliphatic carbocycles. The molecule has 0 saturated heterocycles. The quantitative estimate of drug-likeness (QED) is 0.0530. The second kappa shape index (κ2) is 34.8. The summed E-state index contributed by atoms with van der Waals surface area (Å²) in [4.78, 5) is 12.3. The summed E-state index contributed by atoms with van der Waals surface area (Å²) in [6.07, 6.45) is 46.2. The van der Waals surface area contributed by atoms with Crippen LogP contribution in [0.15, 0.2) is 48.6 Å². The van der Waals surface area contributed by atoms with Crippen LogP contribution >= 0.6 is 0 Å². The fraction of sp³-hybridized carbons (Fsp3) is 0.769. The Morgan fingerprint density at radius 3 is 1.35 bits per heavy atom. The van der Waals surface area contributed by atoms with E-state index in [-0.39, 0.29) is 12.5 Å². The maximum Gasteiger partial charge on any atom is 0.220 e.